The lowest BCUT2D eigenvalue weighted by Crippen LogP contribution is -2.51. The van der Waals surface area contributed by atoms with Crippen molar-refractivity contribution in [1.82, 2.24) is 14.4 Å². The molecule has 0 bridgehead atoms. The Morgan fingerprint density at radius 1 is 1.28 bits per heavy atom. The van der Waals surface area contributed by atoms with Crippen LogP contribution in [0.2, 0.25) is 5.02 Å². The second kappa shape index (κ2) is 7.75. The van der Waals surface area contributed by atoms with Crippen molar-refractivity contribution in [2.24, 2.45) is 11.1 Å². The number of nitrogens with zero attached hydrogens (tertiary/aromatic N) is 4. The van der Waals surface area contributed by atoms with E-state index >= 15 is 0 Å². The zero-order valence-electron chi connectivity index (χ0n) is 17.9. The maximum Gasteiger partial charge on any atom is 0.148 e. The lowest BCUT2D eigenvalue weighted by molar-refractivity contribution is 0.0974. The molecule has 3 aromatic rings. The Morgan fingerprint density at radius 3 is 2.69 bits per heavy atom. The number of rotatable bonds is 3. The number of pyridine rings is 2. The Hall–Kier alpha value is -2.62. The van der Waals surface area contributed by atoms with E-state index in [0.717, 1.165) is 31.7 Å². The Kier molecular flexibility index (Phi) is 5.15. The number of nitrogens with two attached hydrogens (primary N) is 3. The molecule has 0 unspecified atom stereocenters. The van der Waals surface area contributed by atoms with E-state index in [4.69, 9.17) is 33.5 Å². The number of alkyl halides is 1. The molecule has 0 saturated carbocycles. The molecule has 170 valence electrons. The van der Waals surface area contributed by atoms with Crippen LogP contribution in [0.25, 0.3) is 16.8 Å². The number of hydrogen-bond acceptors (Lipinski definition) is 7. The second-order valence-electron chi connectivity index (χ2n) is 8.82. The van der Waals surface area contributed by atoms with Crippen LogP contribution in [-0.4, -0.2) is 46.2 Å². The molecule has 5 rings (SSSR count). The van der Waals surface area contributed by atoms with Gasteiger partial charge in [-0.25, -0.2) is 14.4 Å². The van der Waals surface area contributed by atoms with E-state index in [1.54, 1.807) is 12.3 Å². The van der Waals surface area contributed by atoms with Crippen LogP contribution >= 0.6 is 11.6 Å². The molecule has 0 aromatic carbocycles. The van der Waals surface area contributed by atoms with Crippen LogP contribution in [-0.2, 0) is 11.4 Å². The van der Waals surface area contributed by atoms with Crippen LogP contribution in [0.15, 0.2) is 24.5 Å². The number of anilines is 3. The van der Waals surface area contributed by atoms with Gasteiger partial charge in [-0.2, -0.15) is 0 Å². The van der Waals surface area contributed by atoms with E-state index in [0.29, 0.717) is 39.8 Å². The lowest BCUT2D eigenvalue weighted by Gasteiger charge is -2.42. The minimum Gasteiger partial charge on any atom is -0.398 e. The van der Waals surface area contributed by atoms with Crippen molar-refractivity contribution in [3.63, 3.8) is 0 Å². The van der Waals surface area contributed by atoms with Crippen LogP contribution in [0.4, 0.5) is 21.7 Å². The number of piperidine rings is 1. The normalized spacial score (nSPS) is 22.8. The summed E-state index contributed by atoms with van der Waals surface area (Å²) in [6, 6.07) is 3.62. The van der Waals surface area contributed by atoms with Crippen molar-refractivity contribution in [3.05, 3.63) is 35.2 Å². The fourth-order valence-electron chi connectivity index (χ4n) is 5.13. The summed E-state index contributed by atoms with van der Waals surface area (Å²) in [7, 11) is 0. The topological polar surface area (TPSA) is 121 Å². The van der Waals surface area contributed by atoms with Gasteiger partial charge in [-0.1, -0.05) is 11.6 Å². The first-order chi connectivity index (χ1) is 15.4. The molecule has 2 aliphatic heterocycles. The van der Waals surface area contributed by atoms with Gasteiger partial charge < -0.3 is 26.8 Å². The summed E-state index contributed by atoms with van der Waals surface area (Å²) in [6.45, 7) is 3.60. The fourth-order valence-corrected chi connectivity index (χ4v) is 5.34. The summed E-state index contributed by atoms with van der Waals surface area (Å²) in [5.74, 6) is 1.01. The smallest absolute Gasteiger partial charge is 0.148 e. The zero-order valence-corrected chi connectivity index (χ0v) is 18.6. The minimum atomic E-state index is -0.655. The molecular formula is C22H27ClFN7O. The predicted molar refractivity (Wildman–Crippen MR) is 124 cm³/mol. The maximum absolute atomic E-state index is 13.9. The van der Waals surface area contributed by atoms with Crippen molar-refractivity contribution in [3.8, 4) is 11.1 Å². The molecule has 0 aliphatic carbocycles. The van der Waals surface area contributed by atoms with E-state index in [1.165, 1.54) is 6.20 Å². The van der Waals surface area contributed by atoms with Gasteiger partial charge in [0.1, 0.15) is 24.0 Å². The molecule has 2 atom stereocenters. The highest BCUT2D eigenvalue weighted by molar-refractivity contribution is 6.36. The predicted octanol–water partition coefficient (Wildman–Crippen LogP) is 3.02. The molecule has 8 nitrogen and oxygen atoms in total. The summed E-state index contributed by atoms with van der Waals surface area (Å²) in [5, 5.41) is 0.294. The fraction of sp³-hybridized carbons (Fsp3) is 0.455. The summed E-state index contributed by atoms with van der Waals surface area (Å²) < 4.78 is 21.6. The summed E-state index contributed by atoms with van der Waals surface area (Å²) in [6.07, 6.45) is 4.96. The van der Waals surface area contributed by atoms with E-state index in [-0.39, 0.29) is 23.4 Å². The quantitative estimate of drug-likeness (QED) is 0.550. The first-order valence-corrected chi connectivity index (χ1v) is 11.1. The largest absolute Gasteiger partial charge is 0.398 e. The van der Waals surface area contributed by atoms with Crippen molar-refractivity contribution in [1.29, 1.82) is 0 Å². The number of nitrogen functional groups attached to an aromatic ring is 2. The maximum atomic E-state index is 13.9. The van der Waals surface area contributed by atoms with Crippen LogP contribution < -0.4 is 22.1 Å². The van der Waals surface area contributed by atoms with Gasteiger partial charge >= 0.3 is 0 Å². The molecule has 2 saturated heterocycles. The van der Waals surface area contributed by atoms with Gasteiger partial charge in [0, 0.05) is 53.6 Å². The Balaban J connectivity index is 1.58. The number of hydrogen-bond donors (Lipinski definition) is 3. The Bertz CT molecular complexity index is 1170. The first-order valence-electron chi connectivity index (χ1n) is 10.7. The van der Waals surface area contributed by atoms with Gasteiger partial charge in [0.15, 0.2) is 0 Å². The van der Waals surface area contributed by atoms with Gasteiger partial charge in [-0.15, -0.1) is 0 Å². The Morgan fingerprint density at radius 2 is 2.03 bits per heavy atom. The minimum absolute atomic E-state index is 0.0134. The lowest BCUT2D eigenvalue weighted by atomic mass is 9.73. The van der Waals surface area contributed by atoms with Crippen molar-refractivity contribution in [2.75, 3.05) is 36.1 Å². The van der Waals surface area contributed by atoms with Crippen LogP contribution in [0.1, 0.15) is 25.5 Å². The molecule has 2 aliphatic rings. The molecule has 32 heavy (non-hydrogen) atoms. The molecule has 2 fully saturated rings. The highest BCUT2D eigenvalue weighted by atomic mass is 35.5. The Labute approximate surface area is 190 Å². The van der Waals surface area contributed by atoms with Crippen LogP contribution in [0.3, 0.4) is 0 Å². The highest BCUT2D eigenvalue weighted by Gasteiger charge is 2.47. The van der Waals surface area contributed by atoms with E-state index in [2.05, 4.69) is 14.9 Å². The monoisotopic (exact) mass is 459 g/mol. The standard InChI is InChI=1S/C22H27ClFN7O/c1-12-19(26)22(11-32-12)3-6-30(7-4-22)16-8-15(25)17(14-2-5-28-20(27)18(14)23)21-29-10-13(9-24)31(16)21/h2,5,8,10,12,19H,3-4,6-7,9,11,25-26H2,1H3,(H2,27,28)/t12-,19+/m0/s1. The zero-order chi connectivity index (χ0) is 22.6. The molecule has 3 aromatic heterocycles. The number of aromatic nitrogens is 3. The third-order valence-electron chi connectivity index (χ3n) is 7.11. The van der Waals surface area contributed by atoms with Gasteiger partial charge in [-0.3, -0.25) is 4.40 Å². The average Bonchev–Trinajstić information content (AvgIpc) is 3.33. The first kappa shape index (κ1) is 21.2. The molecular weight excluding hydrogens is 433 g/mol. The molecule has 10 heteroatoms. The molecule has 6 N–H and O–H groups in total. The van der Waals surface area contributed by atoms with E-state index < -0.39 is 6.67 Å². The molecule has 0 amide bonds. The van der Waals surface area contributed by atoms with Crippen molar-refractivity contribution in [2.45, 2.75) is 38.6 Å². The number of fused-ring (bicyclic) bond motifs is 1. The number of ether oxygens (including phenoxy) is 1. The SMILES string of the molecule is C[C@@H]1OCC2(CCN(c3cc(N)c(-c4ccnc(N)c4Cl)c4ncc(CF)n34)CC2)[C@@H]1N. The average molecular weight is 460 g/mol. The second-order valence-corrected chi connectivity index (χ2v) is 9.20. The van der Waals surface area contributed by atoms with Crippen LogP contribution in [0.5, 0.6) is 0 Å². The number of imidazole rings is 1. The summed E-state index contributed by atoms with van der Waals surface area (Å²) in [5.41, 5.74) is 21.6. The van der Waals surface area contributed by atoms with E-state index in [9.17, 15) is 4.39 Å². The van der Waals surface area contributed by atoms with Crippen molar-refractivity contribution >= 4 is 34.6 Å². The third kappa shape index (κ3) is 3.10. The van der Waals surface area contributed by atoms with Crippen molar-refractivity contribution < 1.29 is 9.13 Å². The summed E-state index contributed by atoms with van der Waals surface area (Å²) in [4.78, 5) is 10.7. The summed E-state index contributed by atoms with van der Waals surface area (Å²) >= 11 is 6.44. The van der Waals surface area contributed by atoms with Gasteiger partial charge in [-0.05, 0) is 25.8 Å². The van der Waals surface area contributed by atoms with Gasteiger partial charge in [0.25, 0.3) is 0 Å². The molecule has 1 spiro atoms. The molecule has 5 heterocycles. The van der Waals surface area contributed by atoms with Gasteiger partial charge in [0.05, 0.1) is 29.6 Å². The number of halogens is 2. The van der Waals surface area contributed by atoms with Crippen LogP contribution in [0, 0.1) is 5.41 Å². The molecule has 0 radical (unpaired) electrons. The highest BCUT2D eigenvalue weighted by Crippen LogP contribution is 2.44. The van der Waals surface area contributed by atoms with Gasteiger partial charge in [0.2, 0.25) is 0 Å². The third-order valence-corrected chi connectivity index (χ3v) is 7.51. The van der Waals surface area contributed by atoms with E-state index in [1.807, 2.05) is 17.4 Å².